The second kappa shape index (κ2) is 6.03. The van der Waals surface area contributed by atoms with E-state index in [9.17, 15) is 0 Å². The Labute approximate surface area is 110 Å². The van der Waals surface area contributed by atoms with Gasteiger partial charge in [-0.1, -0.05) is 6.07 Å². The predicted molar refractivity (Wildman–Crippen MR) is 71.7 cm³/mol. The van der Waals surface area contributed by atoms with Gasteiger partial charge in [-0.3, -0.25) is 0 Å². The van der Waals surface area contributed by atoms with Gasteiger partial charge in [-0.25, -0.2) is 4.98 Å². The summed E-state index contributed by atoms with van der Waals surface area (Å²) in [6.45, 7) is 2.12. The van der Waals surface area contributed by atoms with Gasteiger partial charge in [-0.2, -0.15) is 5.26 Å². The van der Waals surface area contributed by atoms with E-state index < -0.39 is 0 Å². The zero-order valence-electron chi connectivity index (χ0n) is 9.96. The van der Waals surface area contributed by atoms with Crippen molar-refractivity contribution < 1.29 is 4.74 Å². The van der Waals surface area contributed by atoms with Crippen molar-refractivity contribution in [3.63, 3.8) is 0 Å². The van der Waals surface area contributed by atoms with Gasteiger partial charge >= 0.3 is 0 Å². The van der Waals surface area contributed by atoms with E-state index in [-0.39, 0.29) is 12.6 Å². The molecule has 0 amide bonds. The third-order valence-corrected chi connectivity index (χ3v) is 3.30. The van der Waals surface area contributed by atoms with E-state index in [2.05, 4.69) is 17.2 Å². The van der Waals surface area contributed by atoms with Crippen LogP contribution in [0.5, 0.6) is 5.75 Å². The molecule has 1 aromatic heterocycles. The molecule has 18 heavy (non-hydrogen) atoms. The summed E-state index contributed by atoms with van der Waals surface area (Å²) in [5.74, 6) is 0.688. The molecule has 2 rings (SSSR count). The van der Waals surface area contributed by atoms with E-state index in [4.69, 9.17) is 10.00 Å². The third kappa shape index (κ3) is 3.22. The van der Waals surface area contributed by atoms with Crippen LogP contribution in [0.1, 0.15) is 18.0 Å². The summed E-state index contributed by atoms with van der Waals surface area (Å²) in [6, 6.07) is 9.66. The second-order valence-electron chi connectivity index (χ2n) is 3.71. The average Bonchev–Trinajstić information content (AvgIpc) is 2.91. The van der Waals surface area contributed by atoms with Gasteiger partial charge in [0, 0.05) is 23.3 Å². The van der Waals surface area contributed by atoms with Crippen molar-refractivity contribution in [1.29, 1.82) is 5.26 Å². The number of ether oxygens (including phenoxy) is 1. The van der Waals surface area contributed by atoms with Gasteiger partial charge in [-0.15, -0.1) is 11.3 Å². The fourth-order valence-corrected chi connectivity index (χ4v) is 2.20. The van der Waals surface area contributed by atoms with Crippen LogP contribution in [-0.4, -0.2) is 11.6 Å². The minimum atomic E-state index is 0.0610. The molecule has 0 saturated heterocycles. The predicted octanol–water partition coefficient (Wildman–Crippen LogP) is 3.22. The lowest BCUT2D eigenvalue weighted by molar-refractivity contribution is 0.368. The number of hydrogen-bond donors (Lipinski definition) is 1. The molecule has 5 heteroatoms. The monoisotopic (exact) mass is 259 g/mol. The Bertz CT molecular complexity index is 533. The molecule has 1 aromatic carbocycles. The normalized spacial score (nSPS) is 11.6. The van der Waals surface area contributed by atoms with Gasteiger partial charge < -0.3 is 10.1 Å². The van der Waals surface area contributed by atoms with Gasteiger partial charge in [-0.05, 0) is 19.1 Å². The number of aromatic nitrogens is 1. The van der Waals surface area contributed by atoms with Crippen molar-refractivity contribution in [2.45, 2.75) is 13.0 Å². The largest absolute Gasteiger partial charge is 0.479 e. The minimum Gasteiger partial charge on any atom is -0.479 e. The molecule has 1 unspecified atom stereocenters. The highest BCUT2D eigenvalue weighted by molar-refractivity contribution is 7.09. The Hall–Kier alpha value is -2.06. The second-order valence-corrected chi connectivity index (χ2v) is 4.64. The van der Waals surface area contributed by atoms with E-state index >= 15 is 0 Å². The van der Waals surface area contributed by atoms with Crippen LogP contribution < -0.4 is 10.1 Å². The number of benzene rings is 1. The van der Waals surface area contributed by atoms with Crippen LogP contribution in [-0.2, 0) is 0 Å². The van der Waals surface area contributed by atoms with Gasteiger partial charge in [0.25, 0.3) is 0 Å². The molecule has 4 nitrogen and oxygen atoms in total. The lowest BCUT2D eigenvalue weighted by Crippen LogP contribution is -2.06. The number of nitriles is 1. The smallest absolute Gasteiger partial charge is 0.174 e. The summed E-state index contributed by atoms with van der Waals surface area (Å²) in [7, 11) is 0. The van der Waals surface area contributed by atoms with Crippen molar-refractivity contribution in [2.75, 3.05) is 11.9 Å². The van der Waals surface area contributed by atoms with E-state index in [1.165, 1.54) is 0 Å². The number of thiazole rings is 1. The van der Waals surface area contributed by atoms with Crippen molar-refractivity contribution in [3.8, 4) is 11.8 Å². The molecular weight excluding hydrogens is 246 g/mol. The van der Waals surface area contributed by atoms with Crippen LogP contribution in [0.4, 0.5) is 5.69 Å². The summed E-state index contributed by atoms with van der Waals surface area (Å²) in [5.41, 5.74) is 0.952. The van der Waals surface area contributed by atoms with E-state index in [0.29, 0.717) is 5.75 Å². The SMILES string of the molecule is CC(Nc1cccc(OCC#N)c1)c1nccs1. The third-order valence-electron chi connectivity index (χ3n) is 2.34. The first-order valence-corrected chi connectivity index (χ1v) is 6.43. The Morgan fingerprint density at radius 2 is 2.44 bits per heavy atom. The molecule has 0 aliphatic heterocycles. The minimum absolute atomic E-state index is 0.0610. The number of anilines is 1. The fraction of sp³-hybridized carbons (Fsp3) is 0.231. The Kier molecular flexibility index (Phi) is 4.15. The molecule has 0 aliphatic carbocycles. The maximum atomic E-state index is 8.47. The quantitative estimate of drug-likeness (QED) is 0.895. The van der Waals surface area contributed by atoms with E-state index in [1.807, 2.05) is 35.7 Å². The molecule has 2 aromatic rings. The lowest BCUT2D eigenvalue weighted by atomic mass is 10.2. The highest BCUT2D eigenvalue weighted by Crippen LogP contribution is 2.23. The van der Waals surface area contributed by atoms with Gasteiger partial charge in [0.15, 0.2) is 6.61 Å². The van der Waals surface area contributed by atoms with Crippen LogP contribution in [0.15, 0.2) is 35.8 Å². The summed E-state index contributed by atoms with van der Waals surface area (Å²) in [5, 5.41) is 14.8. The lowest BCUT2D eigenvalue weighted by Gasteiger charge is -2.13. The highest BCUT2D eigenvalue weighted by Gasteiger charge is 2.07. The van der Waals surface area contributed by atoms with Crippen LogP contribution >= 0.6 is 11.3 Å². The summed E-state index contributed by atoms with van der Waals surface area (Å²) in [4.78, 5) is 4.27. The molecule has 0 fully saturated rings. The first-order chi connectivity index (χ1) is 8.79. The molecule has 0 bridgehead atoms. The Morgan fingerprint density at radius 1 is 1.56 bits per heavy atom. The highest BCUT2D eigenvalue weighted by atomic mass is 32.1. The van der Waals surface area contributed by atoms with E-state index in [0.717, 1.165) is 10.7 Å². The number of rotatable bonds is 5. The maximum absolute atomic E-state index is 8.47. The molecule has 0 saturated carbocycles. The van der Waals surface area contributed by atoms with Crippen molar-refractivity contribution >= 4 is 17.0 Å². The topological polar surface area (TPSA) is 57.9 Å². The Morgan fingerprint density at radius 3 is 3.17 bits per heavy atom. The first kappa shape index (κ1) is 12.4. The van der Waals surface area contributed by atoms with Crippen molar-refractivity contribution in [3.05, 3.63) is 40.8 Å². The number of nitrogens with one attached hydrogen (secondary N) is 1. The summed E-state index contributed by atoms with van der Waals surface area (Å²) in [6.07, 6.45) is 1.80. The molecule has 92 valence electrons. The van der Waals surface area contributed by atoms with Crippen LogP contribution in [0.3, 0.4) is 0 Å². The molecule has 1 heterocycles. The van der Waals surface area contributed by atoms with E-state index in [1.54, 1.807) is 17.5 Å². The first-order valence-electron chi connectivity index (χ1n) is 5.55. The molecule has 0 spiro atoms. The molecule has 0 aliphatic rings. The summed E-state index contributed by atoms with van der Waals surface area (Å²) < 4.78 is 5.25. The van der Waals surface area contributed by atoms with Gasteiger partial charge in [0.2, 0.25) is 0 Å². The standard InChI is InChI=1S/C13H13N3OS/c1-10(13-15-6-8-18-13)16-11-3-2-4-12(9-11)17-7-5-14/h2-4,6,8-10,16H,7H2,1H3. The van der Waals surface area contributed by atoms with Crippen LogP contribution in [0.25, 0.3) is 0 Å². The number of nitrogens with zero attached hydrogens (tertiary/aromatic N) is 2. The van der Waals surface area contributed by atoms with Gasteiger partial charge in [0.1, 0.15) is 16.8 Å². The zero-order valence-corrected chi connectivity index (χ0v) is 10.8. The summed E-state index contributed by atoms with van der Waals surface area (Å²) >= 11 is 1.62. The molecular formula is C13H13N3OS. The van der Waals surface area contributed by atoms with Gasteiger partial charge in [0.05, 0.1) is 6.04 Å². The molecule has 1 N–H and O–H groups in total. The van der Waals surface area contributed by atoms with Crippen LogP contribution in [0, 0.1) is 11.3 Å². The number of hydrogen-bond acceptors (Lipinski definition) is 5. The maximum Gasteiger partial charge on any atom is 0.174 e. The average molecular weight is 259 g/mol. The van der Waals surface area contributed by atoms with Crippen molar-refractivity contribution in [2.24, 2.45) is 0 Å². The zero-order chi connectivity index (χ0) is 12.8. The molecule has 1 atom stereocenters. The van der Waals surface area contributed by atoms with Crippen molar-refractivity contribution in [1.82, 2.24) is 4.98 Å². The Balaban J connectivity index is 2.03. The van der Waals surface area contributed by atoms with Crippen LogP contribution in [0.2, 0.25) is 0 Å². The molecule has 0 radical (unpaired) electrons. The fourth-order valence-electron chi connectivity index (χ4n) is 1.55.